The molecule has 4 aromatic rings. The number of benzene rings is 4. The molecule has 2 aliphatic carbocycles. The third-order valence-electron chi connectivity index (χ3n) is 5.50. The topological polar surface area (TPSA) is 0 Å². The van der Waals surface area contributed by atoms with Crippen molar-refractivity contribution < 1.29 is 0 Å². The summed E-state index contributed by atoms with van der Waals surface area (Å²) in [6, 6.07) is 35.7. The fourth-order valence-electron chi connectivity index (χ4n) is 4.13. The Balaban J connectivity index is 1.72. The van der Waals surface area contributed by atoms with Gasteiger partial charge in [-0.15, -0.1) is 0 Å². The van der Waals surface area contributed by atoms with E-state index in [2.05, 4.69) is 97.1 Å². The summed E-state index contributed by atoms with van der Waals surface area (Å²) in [5.41, 5.74) is 2.59. The van der Waals surface area contributed by atoms with Crippen LogP contribution in [-0.4, -0.2) is 0 Å². The molecule has 0 radical (unpaired) electrons. The average Bonchev–Trinajstić information content (AvgIpc) is 3.03. The molecule has 0 atom stereocenters. The third kappa shape index (κ3) is 2.02. The molecule has 0 spiro atoms. The molecule has 2 aliphatic rings. The first-order valence-corrected chi connectivity index (χ1v) is 9.02. The van der Waals surface area contributed by atoms with Crippen LogP contribution in [0, 0.1) is 0 Å². The lowest BCUT2D eigenvalue weighted by Gasteiger charge is -2.06. The van der Waals surface area contributed by atoms with Gasteiger partial charge in [-0.25, -0.2) is 0 Å². The maximum atomic E-state index is 2.33. The molecule has 0 fully saturated rings. The Labute approximate surface area is 151 Å². The highest BCUT2D eigenvalue weighted by Crippen LogP contribution is 2.32. The van der Waals surface area contributed by atoms with Gasteiger partial charge in [-0.2, -0.15) is 0 Å². The van der Waals surface area contributed by atoms with Crippen molar-refractivity contribution in [2.75, 3.05) is 0 Å². The van der Waals surface area contributed by atoms with Gasteiger partial charge >= 0.3 is 0 Å². The molecule has 120 valence electrons. The van der Waals surface area contributed by atoms with Gasteiger partial charge in [-0.05, 0) is 96.7 Å². The van der Waals surface area contributed by atoms with Gasteiger partial charge in [0.25, 0.3) is 0 Å². The first kappa shape index (κ1) is 13.9. The molecule has 0 heteroatoms. The summed E-state index contributed by atoms with van der Waals surface area (Å²) in [6.07, 6.45) is 0. The molecule has 0 nitrogen and oxygen atoms in total. The summed E-state index contributed by atoms with van der Waals surface area (Å²) >= 11 is 0. The van der Waals surface area contributed by atoms with E-state index in [0.717, 1.165) is 0 Å². The van der Waals surface area contributed by atoms with Crippen LogP contribution in [0.3, 0.4) is 0 Å². The number of fused-ring (bicyclic) bond motifs is 5. The van der Waals surface area contributed by atoms with Crippen molar-refractivity contribution in [1.29, 1.82) is 0 Å². The standard InChI is InChI=1S/C26H16/c1-2-5-20-12-24-16-26-14-22-10-18-7-3-6-17(18)8-9-21(22)13-25(26)15-23(24)11-19(20)4-1/h1-16H. The van der Waals surface area contributed by atoms with Crippen LogP contribution in [0.2, 0.25) is 0 Å². The van der Waals surface area contributed by atoms with Crippen LogP contribution in [0.1, 0.15) is 0 Å². The number of rotatable bonds is 0. The van der Waals surface area contributed by atoms with Crippen LogP contribution in [0.4, 0.5) is 0 Å². The summed E-state index contributed by atoms with van der Waals surface area (Å²) in [7, 11) is 0. The lowest BCUT2D eigenvalue weighted by Crippen LogP contribution is -1.79. The van der Waals surface area contributed by atoms with E-state index in [1.807, 2.05) is 0 Å². The molecule has 0 saturated heterocycles. The molecule has 0 heterocycles. The summed E-state index contributed by atoms with van der Waals surface area (Å²) < 4.78 is 0. The Bertz CT molecular complexity index is 1410. The quantitative estimate of drug-likeness (QED) is 0.255. The van der Waals surface area contributed by atoms with Crippen LogP contribution < -0.4 is 0 Å². The van der Waals surface area contributed by atoms with Crippen molar-refractivity contribution >= 4 is 43.1 Å². The fourth-order valence-corrected chi connectivity index (χ4v) is 4.13. The highest BCUT2D eigenvalue weighted by Gasteiger charge is 2.05. The van der Waals surface area contributed by atoms with Crippen molar-refractivity contribution in [2.45, 2.75) is 0 Å². The third-order valence-corrected chi connectivity index (χ3v) is 5.50. The lowest BCUT2D eigenvalue weighted by molar-refractivity contribution is 1.79. The maximum Gasteiger partial charge on any atom is -0.0171 e. The molecule has 0 N–H and O–H groups in total. The smallest absolute Gasteiger partial charge is 0.0171 e. The van der Waals surface area contributed by atoms with Crippen molar-refractivity contribution in [2.24, 2.45) is 0 Å². The molecule has 0 unspecified atom stereocenters. The van der Waals surface area contributed by atoms with Crippen LogP contribution in [-0.2, 0) is 0 Å². The second kappa shape index (κ2) is 5.06. The molecular weight excluding hydrogens is 312 g/mol. The highest BCUT2D eigenvalue weighted by molar-refractivity contribution is 6.08. The first-order valence-electron chi connectivity index (χ1n) is 9.02. The van der Waals surface area contributed by atoms with E-state index in [9.17, 15) is 0 Å². The lowest BCUT2D eigenvalue weighted by atomic mass is 9.98. The van der Waals surface area contributed by atoms with Gasteiger partial charge in [0.15, 0.2) is 0 Å². The van der Waals surface area contributed by atoms with Gasteiger partial charge in [-0.3, -0.25) is 0 Å². The summed E-state index contributed by atoms with van der Waals surface area (Å²) in [5, 5.41) is 10.4. The second-order valence-electron chi connectivity index (χ2n) is 7.14. The van der Waals surface area contributed by atoms with E-state index in [1.165, 1.54) is 54.2 Å². The molecule has 0 aliphatic heterocycles. The molecule has 0 saturated carbocycles. The highest BCUT2D eigenvalue weighted by atomic mass is 14.1. The Morgan fingerprint density at radius 1 is 0.269 bits per heavy atom. The van der Waals surface area contributed by atoms with Crippen LogP contribution in [0.5, 0.6) is 0 Å². The van der Waals surface area contributed by atoms with Gasteiger partial charge in [0.2, 0.25) is 0 Å². The minimum absolute atomic E-state index is 1.29. The monoisotopic (exact) mass is 328 g/mol. The molecular formula is C26H16. The van der Waals surface area contributed by atoms with Gasteiger partial charge in [0.05, 0.1) is 0 Å². The number of hydrogen-bond acceptors (Lipinski definition) is 0. The van der Waals surface area contributed by atoms with Gasteiger partial charge in [-0.1, -0.05) is 54.6 Å². The molecule has 4 aromatic carbocycles. The van der Waals surface area contributed by atoms with Gasteiger partial charge in [0, 0.05) is 0 Å². The Hall–Kier alpha value is -3.38. The normalized spacial score (nSPS) is 11.8. The van der Waals surface area contributed by atoms with E-state index in [1.54, 1.807) is 0 Å². The van der Waals surface area contributed by atoms with E-state index < -0.39 is 0 Å². The van der Waals surface area contributed by atoms with Crippen molar-refractivity contribution in [3.8, 4) is 11.1 Å². The predicted octanol–water partition coefficient (Wildman–Crippen LogP) is 7.40. The summed E-state index contributed by atoms with van der Waals surface area (Å²) in [5.74, 6) is 0. The van der Waals surface area contributed by atoms with Crippen LogP contribution in [0.15, 0.2) is 97.1 Å². The zero-order valence-electron chi connectivity index (χ0n) is 14.2. The van der Waals surface area contributed by atoms with Crippen molar-refractivity contribution in [3.05, 3.63) is 97.1 Å². The van der Waals surface area contributed by atoms with Gasteiger partial charge in [0.1, 0.15) is 0 Å². The largest absolute Gasteiger partial charge is 0.0616 e. The van der Waals surface area contributed by atoms with E-state index in [-0.39, 0.29) is 0 Å². The Kier molecular flexibility index (Phi) is 2.70. The molecule has 26 heavy (non-hydrogen) atoms. The molecule has 0 aromatic heterocycles. The Morgan fingerprint density at radius 2 is 0.731 bits per heavy atom. The molecule has 6 rings (SSSR count). The average molecular weight is 328 g/mol. The van der Waals surface area contributed by atoms with Crippen molar-refractivity contribution in [1.82, 2.24) is 0 Å². The van der Waals surface area contributed by atoms with Gasteiger partial charge < -0.3 is 0 Å². The second-order valence-corrected chi connectivity index (χ2v) is 7.14. The van der Waals surface area contributed by atoms with Crippen LogP contribution >= 0.6 is 0 Å². The van der Waals surface area contributed by atoms with Crippen LogP contribution in [0.25, 0.3) is 54.2 Å². The zero-order chi connectivity index (χ0) is 17.1. The summed E-state index contributed by atoms with van der Waals surface area (Å²) in [4.78, 5) is 0. The maximum absolute atomic E-state index is 2.33. The fraction of sp³-hybridized carbons (Fsp3) is 0. The molecule has 0 bridgehead atoms. The van der Waals surface area contributed by atoms with Crippen molar-refractivity contribution in [3.63, 3.8) is 0 Å². The summed E-state index contributed by atoms with van der Waals surface area (Å²) in [6.45, 7) is 0. The first-order chi connectivity index (χ1) is 12.8. The minimum Gasteiger partial charge on any atom is -0.0616 e. The van der Waals surface area contributed by atoms with E-state index in [4.69, 9.17) is 0 Å². The molecule has 0 amide bonds. The number of hydrogen-bond donors (Lipinski definition) is 0. The Morgan fingerprint density at radius 3 is 1.35 bits per heavy atom. The zero-order valence-corrected chi connectivity index (χ0v) is 14.2. The van der Waals surface area contributed by atoms with E-state index >= 15 is 0 Å². The SMILES string of the molecule is c1cc2ccc3cc4cc5cc6ccccc6cc5cc4cc3cc-2c1. The minimum atomic E-state index is 1.29. The predicted molar refractivity (Wildman–Crippen MR) is 113 cm³/mol. The van der Waals surface area contributed by atoms with E-state index in [0.29, 0.717) is 0 Å².